The second kappa shape index (κ2) is 11.4. The Morgan fingerprint density at radius 1 is 1.24 bits per heavy atom. The van der Waals surface area contributed by atoms with Crippen molar-refractivity contribution in [3.05, 3.63) is 66.0 Å². The van der Waals surface area contributed by atoms with Crippen LogP contribution in [-0.4, -0.2) is 59.9 Å². The first-order valence-corrected chi connectivity index (χ1v) is 9.58. The monoisotopic (exact) mass is 417 g/mol. The van der Waals surface area contributed by atoms with Gasteiger partial charge in [-0.3, -0.25) is 9.78 Å². The molecule has 1 unspecified atom stereocenters. The zero-order chi connectivity index (χ0) is 19.8. The molecule has 0 aliphatic carbocycles. The van der Waals surface area contributed by atoms with Crippen LogP contribution in [0.2, 0.25) is 0 Å². The molecule has 0 saturated carbocycles. The summed E-state index contributed by atoms with van der Waals surface area (Å²) < 4.78 is 0. The standard InChI is InChI=1S/C21H27N5O2.ClH/c1-25(16-17-6-3-2-4-7-17)21(28)24-11-9-20(27)26-13-12-23-15-19(26)18-8-5-10-22-14-18;/h2-8,10,14,19,23H,9,11-13,15-16H2,1H3,(H,24,28);1H. The molecule has 0 bridgehead atoms. The first kappa shape index (κ1) is 22.6. The minimum atomic E-state index is -0.180. The second-order valence-electron chi connectivity index (χ2n) is 6.92. The number of nitrogens with zero attached hydrogens (tertiary/aromatic N) is 3. The Balaban J connectivity index is 0.00000300. The second-order valence-corrected chi connectivity index (χ2v) is 6.92. The van der Waals surface area contributed by atoms with Crippen molar-refractivity contribution < 1.29 is 9.59 Å². The van der Waals surface area contributed by atoms with Gasteiger partial charge in [-0.25, -0.2) is 4.79 Å². The average Bonchev–Trinajstić information content (AvgIpc) is 2.75. The van der Waals surface area contributed by atoms with E-state index < -0.39 is 0 Å². The molecule has 2 heterocycles. The summed E-state index contributed by atoms with van der Waals surface area (Å²) in [5, 5.41) is 6.17. The summed E-state index contributed by atoms with van der Waals surface area (Å²) in [6, 6.07) is 13.5. The molecule has 7 nitrogen and oxygen atoms in total. The fraction of sp³-hybridized carbons (Fsp3) is 0.381. The van der Waals surface area contributed by atoms with Gasteiger partial charge in [0.25, 0.3) is 0 Å². The van der Waals surface area contributed by atoms with E-state index in [0.717, 1.165) is 17.7 Å². The van der Waals surface area contributed by atoms with Crippen molar-refractivity contribution in [1.29, 1.82) is 0 Å². The molecule has 3 rings (SSSR count). The van der Waals surface area contributed by atoms with E-state index in [9.17, 15) is 9.59 Å². The van der Waals surface area contributed by atoms with E-state index in [-0.39, 0.29) is 36.8 Å². The smallest absolute Gasteiger partial charge is 0.317 e. The molecule has 3 amide bonds. The van der Waals surface area contributed by atoms with Gasteiger partial charge in [0.05, 0.1) is 6.04 Å². The highest BCUT2D eigenvalue weighted by atomic mass is 35.5. The van der Waals surface area contributed by atoms with Crippen LogP contribution < -0.4 is 10.6 Å². The van der Waals surface area contributed by atoms with E-state index in [1.165, 1.54) is 0 Å². The van der Waals surface area contributed by atoms with Crippen LogP contribution >= 0.6 is 12.4 Å². The summed E-state index contributed by atoms with van der Waals surface area (Å²) in [5.41, 5.74) is 2.09. The molecule has 2 N–H and O–H groups in total. The van der Waals surface area contributed by atoms with Crippen molar-refractivity contribution >= 4 is 24.3 Å². The van der Waals surface area contributed by atoms with Crippen LogP contribution in [-0.2, 0) is 11.3 Å². The summed E-state index contributed by atoms with van der Waals surface area (Å²) in [7, 11) is 1.75. The van der Waals surface area contributed by atoms with Crippen molar-refractivity contribution in [2.24, 2.45) is 0 Å². The first-order chi connectivity index (χ1) is 13.6. The Hall–Kier alpha value is -2.64. The van der Waals surface area contributed by atoms with E-state index in [2.05, 4.69) is 15.6 Å². The van der Waals surface area contributed by atoms with E-state index >= 15 is 0 Å². The lowest BCUT2D eigenvalue weighted by atomic mass is 10.0. The van der Waals surface area contributed by atoms with Crippen LogP contribution in [0.4, 0.5) is 4.79 Å². The highest BCUT2D eigenvalue weighted by Gasteiger charge is 2.27. The molecule has 1 aromatic carbocycles. The Morgan fingerprint density at radius 2 is 2.03 bits per heavy atom. The lowest BCUT2D eigenvalue weighted by Crippen LogP contribution is -2.49. The molecular formula is C21H28ClN5O2. The maximum atomic E-state index is 12.7. The van der Waals surface area contributed by atoms with Crippen LogP contribution in [0.5, 0.6) is 0 Å². The lowest BCUT2D eigenvalue weighted by molar-refractivity contribution is -0.134. The third kappa shape index (κ3) is 6.44. The number of nitrogens with one attached hydrogen (secondary N) is 2. The maximum Gasteiger partial charge on any atom is 0.317 e. The zero-order valence-electron chi connectivity index (χ0n) is 16.6. The zero-order valence-corrected chi connectivity index (χ0v) is 17.4. The van der Waals surface area contributed by atoms with Crippen LogP contribution in [0.25, 0.3) is 0 Å². The summed E-state index contributed by atoms with van der Waals surface area (Å²) in [6.45, 7) is 2.99. The fourth-order valence-corrected chi connectivity index (χ4v) is 3.36. The number of carbonyl (C=O) groups excluding carboxylic acids is 2. The number of benzene rings is 1. The van der Waals surface area contributed by atoms with Crippen LogP contribution in [0.3, 0.4) is 0 Å². The highest BCUT2D eigenvalue weighted by molar-refractivity contribution is 5.85. The molecule has 2 aromatic rings. The largest absolute Gasteiger partial charge is 0.337 e. The maximum absolute atomic E-state index is 12.7. The molecule has 1 saturated heterocycles. The SMILES string of the molecule is CN(Cc1ccccc1)C(=O)NCCC(=O)N1CCNCC1c1cccnc1.Cl. The van der Waals surface area contributed by atoms with Gasteiger partial charge < -0.3 is 20.4 Å². The van der Waals surface area contributed by atoms with Crippen LogP contribution in [0.1, 0.15) is 23.6 Å². The summed E-state index contributed by atoms with van der Waals surface area (Å²) in [6.07, 6.45) is 3.81. The number of pyridine rings is 1. The lowest BCUT2D eigenvalue weighted by Gasteiger charge is -2.36. The number of urea groups is 1. The van der Waals surface area contributed by atoms with Gasteiger partial charge in [0.15, 0.2) is 0 Å². The minimum Gasteiger partial charge on any atom is -0.337 e. The highest BCUT2D eigenvalue weighted by Crippen LogP contribution is 2.22. The Bertz CT molecular complexity index is 775. The van der Waals surface area contributed by atoms with Gasteiger partial charge >= 0.3 is 6.03 Å². The number of halogens is 1. The molecule has 1 aliphatic rings. The Morgan fingerprint density at radius 3 is 2.76 bits per heavy atom. The van der Waals surface area contributed by atoms with Crippen molar-refractivity contribution in [3.63, 3.8) is 0 Å². The van der Waals surface area contributed by atoms with E-state index in [1.807, 2.05) is 47.4 Å². The minimum absolute atomic E-state index is 0. The Kier molecular flexibility index (Phi) is 8.89. The average molecular weight is 418 g/mol. The predicted molar refractivity (Wildman–Crippen MR) is 115 cm³/mol. The van der Waals surface area contributed by atoms with Gasteiger partial charge in [-0.15, -0.1) is 12.4 Å². The van der Waals surface area contributed by atoms with Crippen molar-refractivity contribution in [2.75, 3.05) is 33.2 Å². The fourth-order valence-electron chi connectivity index (χ4n) is 3.36. The molecule has 1 aliphatic heterocycles. The van der Waals surface area contributed by atoms with E-state index in [4.69, 9.17) is 0 Å². The third-order valence-electron chi connectivity index (χ3n) is 4.86. The molecule has 29 heavy (non-hydrogen) atoms. The van der Waals surface area contributed by atoms with Gasteiger partial charge in [0.1, 0.15) is 0 Å². The third-order valence-corrected chi connectivity index (χ3v) is 4.86. The molecule has 156 valence electrons. The van der Waals surface area contributed by atoms with Crippen molar-refractivity contribution in [1.82, 2.24) is 25.4 Å². The number of hydrogen-bond donors (Lipinski definition) is 2. The number of amides is 3. The van der Waals surface area contributed by atoms with Crippen molar-refractivity contribution in [2.45, 2.75) is 19.0 Å². The Labute approximate surface area is 177 Å². The number of rotatable bonds is 6. The number of aromatic nitrogens is 1. The quantitative estimate of drug-likeness (QED) is 0.755. The number of carbonyl (C=O) groups is 2. The molecule has 8 heteroatoms. The molecule has 1 aromatic heterocycles. The summed E-state index contributed by atoms with van der Waals surface area (Å²) in [4.78, 5) is 32.7. The molecule has 1 atom stereocenters. The van der Waals surface area contributed by atoms with Gasteiger partial charge in [0.2, 0.25) is 5.91 Å². The molecular weight excluding hydrogens is 390 g/mol. The molecule has 1 fully saturated rings. The molecule has 0 spiro atoms. The van der Waals surface area contributed by atoms with Gasteiger partial charge in [-0.2, -0.15) is 0 Å². The van der Waals surface area contributed by atoms with Gasteiger partial charge in [0, 0.05) is 58.6 Å². The van der Waals surface area contributed by atoms with Gasteiger partial charge in [-0.05, 0) is 17.2 Å². The topological polar surface area (TPSA) is 77.6 Å². The first-order valence-electron chi connectivity index (χ1n) is 9.58. The van der Waals surface area contributed by atoms with E-state index in [1.54, 1.807) is 24.3 Å². The van der Waals surface area contributed by atoms with Gasteiger partial charge in [-0.1, -0.05) is 36.4 Å². The van der Waals surface area contributed by atoms with Crippen molar-refractivity contribution in [3.8, 4) is 0 Å². The molecule has 0 radical (unpaired) electrons. The number of hydrogen-bond acceptors (Lipinski definition) is 4. The van der Waals surface area contributed by atoms with E-state index in [0.29, 0.717) is 26.2 Å². The summed E-state index contributed by atoms with van der Waals surface area (Å²) >= 11 is 0. The predicted octanol–water partition coefficient (Wildman–Crippen LogP) is 2.21. The number of piperazine rings is 1. The normalized spacial score (nSPS) is 15.9. The summed E-state index contributed by atoms with van der Waals surface area (Å²) in [5.74, 6) is 0.0429. The van der Waals surface area contributed by atoms with Crippen LogP contribution in [0.15, 0.2) is 54.9 Å². The van der Waals surface area contributed by atoms with Crippen LogP contribution in [0, 0.1) is 0 Å².